The van der Waals surface area contributed by atoms with Crippen LogP contribution in [0.2, 0.25) is 0 Å². The lowest BCUT2D eigenvalue weighted by atomic mass is 9.95. The summed E-state index contributed by atoms with van der Waals surface area (Å²) in [7, 11) is 4.22. The highest BCUT2D eigenvalue weighted by atomic mass is 15.1. The van der Waals surface area contributed by atoms with E-state index in [1.165, 1.54) is 31.3 Å². The minimum Gasteiger partial charge on any atom is -0.346 e. The van der Waals surface area contributed by atoms with E-state index in [0.29, 0.717) is 11.5 Å². The number of rotatable bonds is 4. The van der Waals surface area contributed by atoms with Gasteiger partial charge in [-0.25, -0.2) is 4.98 Å². The van der Waals surface area contributed by atoms with Crippen LogP contribution in [0.4, 0.5) is 0 Å². The summed E-state index contributed by atoms with van der Waals surface area (Å²) >= 11 is 0. The van der Waals surface area contributed by atoms with E-state index in [4.69, 9.17) is 4.98 Å². The van der Waals surface area contributed by atoms with E-state index >= 15 is 0 Å². The normalized spacial score (nSPS) is 15.1. The van der Waals surface area contributed by atoms with Crippen LogP contribution in [0, 0.1) is 17.2 Å². The first-order valence-electron chi connectivity index (χ1n) is 12.2. The van der Waals surface area contributed by atoms with E-state index in [0.717, 1.165) is 45.5 Å². The van der Waals surface area contributed by atoms with Crippen LogP contribution in [0.15, 0.2) is 67.3 Å². The highest BCUT2D eigenvalue weighted by molar-refractivity contribution is 6.02. The van der Waals surface area contributed by atoms with Gasteiger partial charge >= 0.3 is 0 Å². The third-order valence-corrected chi connectivity index (χ3v) is 7.42. The topological polar surface area (TPSA) is 62.7 Å². The molecule has 0 amide bonds. The lowest BCUT2D eigenvalue weighted by Crippen LogP contribution is -2.31. The molecule has 6 rings (SSSR count). The first kappa shape index (κ1) is 21.6. The number of piperidine rings is 1. The van der Waals surface area contributed by atoms with Gasteiger partial charge in [0.2, 0.25) is 0 Å². The zero-order valence-corrected chi connectivity index (χ0v) is 20.1. The quantitative estimate of drug-likeness (QED) is 0.357. The average Bonchev–Trinajstić information content (AvgIpc) is 3.48. The number of imidazole rings is 1. The van der Waals surface area contributed by atoms with Crippen LogP contribution < -0.4 is 0 Å². The van der Waals surface area contributed by atoms with Gasteiger partial charge in [-0.1, -0.05) is 18.2 Å². The second-order valence-corrected chi connectivity index (χ2v) is 9.74. The van der Waals surface area contributed by atoms with Crippen molar-refractivity contribution in [3.8, 4) is 28.5 Å². The number of hydrogen-bond donors (Lipinski definition) is 0. The van der Waals surface area contributed by atoms with Gasteiger partial charge in [-0.05, 0) is 74.8 Å². The summed E-state index contributed by atoms with van der Waals surface area (Å²) in [6.07, 6.45) is 8.54. The standard InChI is InChI=1S/C29H28N6/c1-33-12-9-21(10-13-33)18-35-14-11-24-27(35)17-31-29(28(24)22-5-3-20(16-30)4-6-22)23-7-8-26-25(15-23)32-19-34(26)2/h3-8,11,14-15,17,19,21H,9-10,12-13,18H2,1-2H3. The SMILES string of the molecule is CN1CCC(Cn2ccc3c(-c4ccc(C#N)cc4)c(-c4ccc5c(c4)ncn5C)ncc32)CC1. The van der Waals surface area contributed by atoms with Gasteiger partial charge in [0.15, 0.2) is 0 Å². The number of fused-ring (bicyclic) bond motifs is 2. The van der Waals surface area contributed by atoms with Crippen LogP contribution in [0.25, 0.3) is 44.3 Å². The molecule has 0 saturated carbocycles. The summed E-state index contributed by atoms with van der Waals surface area (Å²) in [4.78, 5) is 12.0. The molecule has 35 heavy (non-hydrogen) atoms. The molecular weight excluding hydrogens is 432 g/mol. The first-order valence-corrected chi connectivity index (χ1v) is 12.2. The summed E-state index contributed by atoms with van der Waals surface area (Å²) in [6, 6.07) is 18.6. The fourth-order valence-electron chi connectivity index (χ4n) is 5.35. The Kier molecular flexibility index (Phi) is 5.35. The lowest BCUT2D eigenvalue weighted by Gasteiger charge is -2.29. The zero-order chi connectivity index (χ0) is 23.9. The highest BCUT2D eigenvalue weighted by Crippen LogP contribution is 2.38. The van der Waals surface area contributed by atoms with Crippen LogP contribution in [0.1, 0.15) is 18.4 Å². The molecule has 0 aliphatic carbocycles. The summed E-state index contributed by atoms with van der Waals surface area (Å²) in [6.45, 7) is 3.35. The molecule has 5 aromatic rings. The third-order valence-electron chi connectivity index (χ3n) is 7.42. The second-order valence-electron chi connectivity index (χ2n) is 9.74. The van der Waals surface area contributed by atoms with Crippen LogP contribution in [0.5, 0.6) is 0 Å². The molecule has 174 valence electrons. The van der Waals surface area contributed by atoms with Crippen LogP contribution in [-0.2, 0) is 13.6 Å². The molecule has 0 unspecified atom stereocenters. The van der Waals surface area contributed by atoms with Gasteiger partial charge < -0.3 is 14.0 Å². The zero-order valence-electron chi connectivity index (χ0n) is 20.1. The van der Waals surface area contributed by atoms with Crippen molar-refractivity contribution in [3.05, 3.63) is 72.8 Å². The van der Waals surface area contributed by atoms with Crippen molar-refractivity contribution < 1.29 is 0 Å². The number of likely N-dealkylation sites (tertiary alicyclic amines) is 1. The maximum atomic E-state index is 9.30. The minimum atomic E-state index is 0.658. The Labute approximate surface area is 205 Å². The van der Waals surface area contributed by atoms with Crippen molar-refractivity contribution >= 4 is 21.9 Å². The predicted octanol–water partition coefficient (Wildman–Crippen LogP) is 5.47. The van der Waals surface area contributed by atoms with Crippen LogP contribution in [0.3, 0.4) is 0 Å². The summed E-state index contributed by atoms with van der Waals surface area (Å²) in [5, 5.41) is 10.5. The molecule has 3 aromatic heterocycles. The summed E-state index contributed by atoms with van der Waals surface area (Å²) < 4.78 is 4.40. The summed E-state index contributed by atoms with van der Waals surface area (Å²) in [5.74, 6) is 0.686. The molecule has 0 radical (unpaired) electrons. The van der Waals surface area contributed by atoms with Crippen LogP contribution >= 0.6 is 0 Å². The molecule has 1 aliphatic heterocycles. The van der Waals surface area contributed by atoms with Crippen molar-refractivity contribution in [3.63, 3.8) is 0 Å². The molecule has 0 spiro atoms. The highest BCUT2D eigenvalue weighted by Gasteiger charge is 2.20. The number of aromatic nitrogens is 4. The number of nitrogens with zero attached hydrogens (tertiary/aromatic N) is 6. The van der Waals surface area contributed by atoms with Gasteiger partial charge in [-0.3, -0.25) is 4.98 Å². The fraction of sp³-hybridized carbons (Fsp3) is 0.276. The molecule has 0 N–H and O–H groups in total. The minimum absolute atomic E-state index is 0.658. The largest absolute Gasteiger partial charge is 0.346 e. The number of hydrogen-bond acceptors (Lipinski definition) is 4. The van der Waals surface area contributed by atoms with E-state index in [9.17, 15) is 5.26 Å². The molecule has 2 aromatic carbocycles. The van der Waals surface area contributed by atoms with E-state index in [-0.39, 0.29) is 0 Å². The maximum Gasteiger partial charge on any atom is 0.0991 e. The first-order chi connectivity index (χ1) is 17.1. The van der Waals surface area contributed by atoms with E-state index < -0.39 is 0 Å². The Morgan fingerprint density at radius 3 is 2.49 bits per heavy atom. The van der Waals surface area contributed by atoms with Crippen molar-refractivity contribution in [2.45, 2.75) is 19.4 Å². The Balaban J connectivity index is 1.49. The van der Waals surface area contributed by atoms with Gasteiger partial charge in [0.1, 0.15) is 0 Å². The Morgan fingerprint density at radius 1 is 0.943 bits per heavy atom. The van der Waals surface area contributed by atoms with E-state index in [1.807, 2.05) is 48.4 Å². The van der Waals surface area contributed by atoms with Crippen LogP contribution in [-0.4, -0.2) is 44.1 Å². The van der Waals surface area contributed by atoms with E-state index in [2.05, 4.69) is 58.0 Å². The van der Waals surface area contributed by atoms with Gasteiger partial charge in [-0.2, -0.15) is 5.26 Å². The number of benzene rings is 2. The Bertz CT molecular complexity index is 1560. The molecule has 6 heteroatoms. The number of aryl methyl sites for hydroxylation is 1. The number of nitriles is 1. The van der Waals surface area contributed by atoms with E-state index in [1.54, 1.807) is 0 Å². The fourth-order valence-corrected chi connectivity index (χ4v) is 5.35. The molecule has 6 nitrogen and oxygen atoms in total. The van der Waals surface area contributed by atoms with Gasteiger partial charge in [-0.15, -0.1) is 0 Å². The Hall–Kier alpha value is -3.95. The van der Waals surface area contributed by atoms with Crippen molar-refractivity contribution in [1.29, 1.82) is 5.26 Å². The number of pyridine rings is 1. The second kappa shape index (κ2) is 8.68. The van der Waals surface area contributed by atoms with Crippen molar-refractivity contribution in [1.82, 2.24) is 24.0 Å². The molecule has 0 atom stereocenters. The molecule has 4 heterocycles. The molecule has 1 aliphatic rings. The lowest BCUT2D eigenvalue weighted by molar-refractivity contribution is 0.206. The summed E-state index contributed by atoms with van der Waals surface area (Å²) in [5.41, 5.74) is 8.01. The molecule has 0 bridgehead atoms. The monoisotopic (exact) mass is 460 g/mol. The van der Waals surface area contributed by atoms with Gasteiger partial charge in [0, 0.05) is 36.3 Å². The molecule has 1 fully saturated rings. The molecular formula is C29H28N6. The smallest absolute Gasteiger partial charge is 0.0991 e. The van der Waals surface area contributed by atoms with Crippen molar-refractivity contribution in [2.24, 2.45) is 13.0 Å². The van der Waals surface area contributed by atoms with Gasteiger partial charge in [0.05, 0.1) is 46.4 Å². The molecule has 1 saturated heterocycles. The predicted molar refractivity (Wildman–Crippen MR) is 140 cm³/mol. The Morgan fingerprint density at radius 2 is 1.71 bits per heavy atom. The maximum absolute atomic E-state index is 9.30. The van der Waals surface area contributed by atoms with Crippen molar-refractivity contribution in [2.75, 3.05) is 20.1 Å². The third kappa shape index (κ3) is 3.88. The average molecular weight is 461 g/mol. The van der Waals surface area contributed by atoms with Gasteiger partial charge in [0.25, 0.3) is 0 Å².